The number of aryl methyl sites for hydroxylation is 1. The lowest BCUT2D eigenvalue weighted by Gasteiger charge is -2.13. The molecule has 0 aliphatic heterocycles. The summed E-state index contributed by atoms with van der Waals surface area (Å²) < 4.78 is 24.8. The van der Waals surface area contributed by atoms with Crippen LogP contribution in [0.25, 0.3) is 0 Å². The fraction of sp³-hybridized carbons (Fsp3) is 0.250. The zero-order chi connectivity index (χ0) is 14.7. The van der Waals surface area contributed by atoms with Gasteiger partial charge in [-0.15, -0.1) is 0 Å². The van der Waals surface area contributed by atoms with Gasteiger partial charge in [0.2, 0.25) is 0 Å². The lowest BCUT2D eigenvalue weighted by Crippen LogP contribution is -2.05. The fourth-order valence-electron chi connectivity index (χ4n) is 1.86. The van der Waals surface area contributed by atoms with Gasteiger partial charge in [-0.3, -0.25) is 0 Å². The molecule has 4 heteroatoms. The highest BCUT2D eigenvalue weighted by molar-refractivity contribution is 5.45. The predicted octanol–water partition coefficient (Wildman–Crippen LogP) is 3.95. The summed E-state index contributed by atoms with van der Waals surface area (Å²) in [5, 5.41) is 0. The number of halogens is 1. The summed E-state index contributed by atoms with van der Waals surface area (Å²) >= 11 is 0. The molecule has 20 heavy (non-hydrogen) atoms. The predicted molar refractivity (Wildman–Crippen MR) is 76.8 cm³/mol. The Morgan fingerprint density at radius 1 is 1.05 bits per heavy atom. The van der Waals surface area contributed by atoms with Crippen LogP contribution in [0.5, 0.6) is 17.2 Å². The first kappa shape index (κ1) is 14.3. The first-order valence-corrected chi connectivity index (χ1v) is 6.39. The maximum atomic E-state index is 14.0. The van der Waals surface area contributed by atoms with E-state index < -0.39 is 5.82 Å². The normalized spacial score (nSPS) is 12.1. The van der Waals surface area contributed by atoms with E-state index >= 15 is 0 Å². The Morgan fingerprint density at radius 3 is 2.35 bits per heavy atom. The molecular weight excluding hydrogens is 257 g/mol. The Hall–Kier alpha value is -2.07. The second-order valence-electron chi connectivity index (χ2n) is 4.73. The van der Waals surface area contributed by atoms with Crippen molar-refractivity contribution in [2.45, 2.75) is 19.9 Å². The monoisotopic (exact) mass is 275 g/mol. The van der Waals surface area contributed by atoms with Gasteiger partial charge >= 0.3 is 0 Å². The van der Waals surface area contributed by atoms with Gasteiger partial charge in [0.1, 0.15) is 0 Å². The number of ether oxygens (including phenoxy) is 2. The highest BCUT2D eigenvalue weighted by Crippen LogP contribution is 2.33. The Morgan fingerprint density at radius 2 is 1.75 bits per heavy atom. The summed E-state index contributed by atoms with van der Waals surface area (Å²) in [6, 6.07) is 9.98. The zero-order valence-corrected chi connectivity index (χ0v) is 11.8. The van der Waals surface area contributed by atoms with Crippen LogP contribution in [0.15, 0.2) is 36.4 Å². The minimum atomic E-state index is -0.442. The Labute approximate surface area is 118 Å². The zero-order valence-electron chi connectivity index (χ0n) is 11.8. The molecule has 106 valence electrons. The van der Waals surface area contributed by atoms with Crippen LogP contribution in [0.3, 0.4) is 0 Å². The van der Waals surface area contributed by atoms with Gasteiger partial charge in [-0.25, -0.2) is 4.39 Å². The van der Waals surface area contributed by atoms with Crippen molar-refractivity contribution in [1.29, 1.82) is 0 Å². The average Bonchev–Trinajstić information content (AvgIpc) is 2.42. The van der Waals surface area contributed by atoms with E-state index in [1.807, 2.05) is 19.1 Å². The molecule has 2 aromatic rings. The molecule has 0 aliphatic carbocycles. The van der Waals surface area contributed by atoms with Crippen molar-refractivity contribution in [3.05, 3.63) is 53.3 Å². The van der Waals surface area contributed by atoms with E-state index in [1.165, 1.54) is 6.07 Å². The Kier molecular flexibility index (Phi) is 4.25. The molecule has 0 fully saturated rings. The van der Waals surface area contributed by atoms with Crippen LogP contribution < -0.4 is 15.2 Å². The third-order valence-corrected chi connectivity index (χ3v) is 3.02. The summed E-state index contributed by atoms with van der Waals surface area (Å²) in [5.41, 5.74) is 7.49. The first-order valence-electron chi connectivity index (χ1n) is 6.39. The second kappa shape index (κ2) is 5.92. The molecule has 0 aliphatic rings. The SMILES string of the molecule is COc1cc(C)ccc1Oc1ccc([C@H](C)N)cc1F. The topological polar surface area (TPSA) is 44.5 Å². The number of methoxy groups -OCH3 is 1. The minimum absolute atomic E-state index is 0.150. The van der Waals surface area contributed by atoms with Crippen LogP contribution in [0.2, 0.25) is 0 Å². The van der Waals surface area contributed by atoms with Crippen molar-refractivity contribution in [3.63, 3.8) is 0 Å². The first-order chi connectivity index (χ1) is 9.51. The number of hydrogen-bond donors (Lipinski definition) is 1. The van der Waals surface area contributed by atoms with Gasteiger partial charge in [0.15, 0.2) is 23.1 Å². The molecule has 2 aromatic carbocycles. The molecular formula is C16H18FNO2. The molecule has 3 nitrogen and oxygen atoms in total. The van der Waals surface area contributed by atoms with Crippen LogP contribution in [0.1, 0.15) is 24.1 Å². The van der Waals surface area contributed by atoms with Gasteiger partial charge in [-0.1, -0.05) is 12.1 Å². The van der Waals surface area contributed by atoms with Crippen molar-refractivity contribution < 1.29 is 13.9 Å². The standard InChI is InChI=1S/C16H18FNO2/c1-10-4-6-15(16(8-10)19-3)20-14-7-5-12(11(2)18)9-13(14)17/h4-9,11H,18H2,1-3H3/t11-/m0/s1. The summed E-state index contributed by atoms with van der Waals surface area (Å²) in [7, 11) is 1.55. The molecule has 0 heterocycles. The lowest BCUT2D eigenvalue weighted by molar-refractivity contribution is 0.370. The maximum Gasteiger partial charge on any atom is 0.169 e. The van der Waals surface area contributed by atoms with Gasteiger partial charge in [-0.05, 0) is 49.2 Å². The van der Waals surface area contributed by atoms with Crippen molar-refractivity contribution in [2.24, 2.45) is 5.73 Å². The highest BCUT2D eigenvalue weighted by Gasteiger charge is 2.11. The molecule has 0 spiro atoms. The van der Waals surface area contributed by atoms with E-state index in [4.69, 9.17) is 15.2 Å². The van der Waals surface area contributed by atoms with Crippen LogP contribution in [0.4, 0.5) is 4.39 Å². The molecule has 1 atom stereocenters. The van der Waals surface area contributed by atoms with E-state index in [-0.39, 0.29) is 11.8 Å². The fourth-order valence-corrected chi connectivity index (χ4v) is 1.86. The van der Waals surface area contributed by atoms with E-state index in [0.717, 1.165) is 11.1 Å². The number of nitrogens with two attached hydrogens (primary N) is 1. The molecule has 0 radical (unpaired) electrons. The highest BCUT2D eigenvalue weighted by atomic mass is 19.1. The van der Waals surface area contributed by atoms with Crippen molar-refractivity contribution in [3.8, 4) is 17.2 Å². The quantitative estimate of drug-likeness (QED) is 0.918. The number of rotatable bonds is 4. The van der Waals surface area contributed by atoms with Crippen LogP contribution in [-0.4, -0.2) is 7.11 Å². The second-order valence-corrected chi connectivity index (χ2v) is 4.73. The lowest BCUT2D eigenvalue weighted by atomic mass is 10.1. The van der Waals surface area contributed by atoms with Gasteiger partial charge < -0.3 is 15.2 Å². The third kappa shape index (κ3) is 3.08. The van der Waals surface area contributed by atoms with Gasteiger partial charge in [0.05, 0.1) is 7.11 Å². The minimum Gasteiger partial charge on any atom is -0.493 e. The summed E-state index contributed by atoms with van der Waals surface area (Å²) in [6.45, 7) is 3.75. The average molecular weight is 275 g/mol. The van der Waals surface area contributed by atoms with Crippen molar-refractivity contribution in [1.82, 2.24) is 0 Å². The largest absolute Gasteiger partial charge is 0.493 e. The number of benzene rings is 2. The summed E-state index contributed by atoms with van der Waals surface area (Å²) in [5.74, 6) is 0.755. The van der Waals surface area contributed by atoms with Crippen LogP contribution in [0, 0.1) is 12.7 Å². The summed E-state index contributed by atoms with van der Waals surface area (Å²) in [6.07, 6.45) is 0. The Bertz CT molecular complexity index is 611. The van der Waals surface area contributed by atoms with E-state index in [0.29, 0.717) is 11.5 Å². The molecule has 2 N–H and O–H groups in total. The van der Waals surface area contributed by atoms with E-state index in [9.17, 15) is 4.39 Å². The molecule has 0 unspecified atom stereocenters. The van der Waals surface area contributed by atoms with Gasteiger partial charge in [0, 0.05) is 6.04 Å². The third-order valence-electron chi connectivity index (χ3n) is 3.02. The summed E-state index contributed by atoms with van der Waals surface area (Å²) in [4.78, 5) is 0. The van der Waals surface area contributed by atoms with Gasteiger partial charge in [-0.2, -0.15) is 0 Å². The van der Waals surface area contributed by atoms with Crippen molar-refractivity contribution in [2.75, 3.05) is 7.11 Å². The molecule has 0 amide bonds. The Balaban J connectivity index is 2.30. The molecule has 0 saturated heterocycles. The van der Waals surface area contributed by atoms with E-state index in [2.05, 4.69) is 0 Å². The van der Waals surface area contributed by atoms with Crippen LogP contribution in [-0.2, 0) is 0 Å². The smallest absolute Gasteiger partial charge is 0.169 e. The molecule has 2 rings (SSSR count). The molecule has 0 saturated carbocycles. The van der Waals surface area contributed by atoms with E-state index in [1.54, 1.807) is 32.2 Å². The molecule has 0 bridgehead atoms. The molecule has 0 aromatic heterocycles. The van der Waals surface area contributed by atoms with Crippen molar-refractivity contribution >= 4 is 0 Å². The number of hydrogen-bond acceptors (Lipinski definition) is 3. The van der Waals surface area contributed by atoms with Gasteiger partial charge in [0.25, 0.3) is 0 Å². The van der Waals surface area contributed by atoms with Crippen LogP contribution >= 0.6 is 0 Å². The maximum absolute atomic E-state index is 14.0.